The van der Waals surface area contributed by atoms with Gasteiger partial charge in [-0.15, -0.1) is 0 Å². The minimum absolute atomic E-state index is 0.00617. The molecule has 3 N–H and O–H groups in total. The molecule has 30 heavy (non-hydrogen) atoms. The summed E-state index contributed by atoms with van der Waals surface area (Å²) in [5.41, 5.74) is 6.74. The molecule has 1 rings (SSSR count). The molecular weight excluding hydrogens is 384 g/mol. The van der Waals surface area contributed by atoms with Crippen molar-refractivity contribution in [3.05, 3.63) is 35.9 Å². The number of nitrogens with one attached hydrogen (secondary N) is 1. The summed E-state index contributed by atoms with van der Waals surface area (Å²) >= 11 is 0. The summed E-state index contributed by atoms with van der Waals surface area (Å²) in [6, 6.07) is 7.87. The largest absolute Gasteiger partial charge is 0.461 e. The summed E-state index contributed by atoms with van der Waals surface area (Å²) in [5.74, 6) is -1.21. The second-order valence-corrected chi connectivity index (χ2v) is 8.21. The van der Waals surface area contributed by atoms with Crippen LogP contribution >= 0.6 is 0 Å². The Morgan fingerprint density at radius 3 is 2.23 bits per heavy atom. The van der Waals surface area contributed by atoms with E-state index in [2.05, 4.69) is 5.32 Å². The van der Waals surface area contributed by atoms with E-state index in [1.807, 2.05) is 58.0 Å². The maximum absolute atomic E-state index is 12.5. The van der Waals surface area contributed by atoms with Gasteiger partial charge in [-0.3, -0.25) is 9.59 Å². The van der Waals surface area contributed by atoms with E-state index in [1.54, 1.807) is 6.92 Å². The van der Waals surface area contributed by atoms with Crippen LogP contribution in [0.2, 0.25) is 0 Å². The van der Waals surface area contributed by atoms with Gasteiger partial charge in [0.2, 0.25) is 5.91 Å². The highest BCUT2D eigenvalue weighted by Gasteiger charge is 2.26. The Labute approximate surface area is 179 Å². The molecule has 0 saturated heterocycles. The average Bonchev–Trinajstić information content (AvgIpc) is 2.70. The van der Waals surface area contributed by atoms with E-state index in [9.17, 15) is 14.4 Å². The van der Waals surface area contributed by atoms with Gasteiger partial charge in [0.05, 0.1) is 6.42 Å². The Hall–Kier alpha value is -2.41. The number of hydrogen-bond donors (Lipinski definition) is 2. The van der Waals surface area contributed by atoms with Crippen LogP contribution in [-0.2, 0) is 30.5 Å². The lowest BCUT2D eigenvalue weighted by molar-refractivity contribution is -0.154. The Kier molecular flexibility index (Phi) is 11.1. The fourth-order valence-corrected chi connectivity index (χ4v) is 2.83. The molecule has 0 saturated carbocycles. The van der Waals surface area contributed by atoms with Crippen LogP contribution in [0.5, 0.6) is 0 Å². The Bertz CT molecular complexity index is 677. The van der Waals surface area contributed by atoms with Crippen LogP contribution in [0.4, 0.5) is 0 Å². The van der Waals surface area contributed by atoms with Gasteiger partial charge < -0.3 is 20.5 Å². The molecular formula is C23H36N2O5. The second kappa shape index (κ2) is 13.0. The number of carbonyl (C=O) groups is 3. The summed E-state index contributed by atoms with van der Waals surface area (Å²) < 4.78 is 10.7. The van der Waals surface area contributed by atoms with Crippen molar-refractivity contribution in [1.82, 2.24) is 5.32 Å². The van der Waals surface area contributed by atoms with Crippen LogP contribution in [-0.4, -0.2) is 36.0 Å². The highest BCUT2D eigenvalue weighted by Crippen LogP contribution is 2.11. The molecule has 0 heterocycles. The van der Waals surface area contributed by atoms with Crippen molar-refractivity contribution >= 4 is 17.8 Å². The summed E-state index contributed by atoms with van der Waals surface area (Å²) in [5, 5.41) is 2.72. The topological polar surface area (TPSA) is 108 Å². The van der Waals surface area contributed by atoms with E-state index in [1.165, 1.54) is 0 Å². The predicted molar refractivity (Wildman–Crippen MR) is 115 cm³/mol. The summed E-state index contributed by atoms with van der Waals surface area (Å²) in [7, 11) is 0. The van der Waals surface area contributed by atoms with Crippen molar-refractivity contribution in [3.63, 3.8) is 0 Å². The number of rotatable bonds is 12. The van der Waals surface area contributed by atoms with Crippen molar-refractivity contribution in [3.8, 4) is 0 Å². The molecule has 1 aromatic carbocycles. The fraction of sp³-hybridized carbons (Fsp3) is 0.609. The highest BCUT2D eigenvalue weighted by atomic mass is 16.5. The van der Waals surface area contributed by atoms with Gasteiger partial charge in [0.15, 0.2) is 0 Å². The first-order valence-corrected chi connectivity index (χ1v) is 10.6. The predicted octanol–water partition coefficient (Wildman–Crippen LogP) is 2.96. The summed E-state index contributed by atoms with van der Waals surface area (Å²) in [6.45, 7) is 9.52. The molecule has 0 aliphatic heterocycles. The smallest absolute Gasteiger partial charge is 0.328 e. The molecule has 0 fully saturated rings. The SMILES string of the molecule is CC[C@H](C)[C@H](N)C(=O)O[C@H](C)CC(=O)N[C@@H](CC(C)C)C(=O)OCc1ccccc1. The molecule has 0 aliphatic carbocycles. The maximum Gasteiger partial charge on any atom is 0.328 e. The van der Waals surface area contributed by atoms with Crippen LogP contribution in [0.3, 0.4) is 0 Å². The molecule has 0 bridgehead atoms. The molecule has 7 heteroatoms. The minimum atomic E-state index is -0.758. The van der Waals surface area contributed by atoms with Crippen LogP contribution in [0.1, 0.15) is 59.4 Å². The lowest BCUT2D eigenvalue weighted by Crippen LogP contribution is -2.44. The van der Waals surface area contributed by atoms with E-state index in [0.29, 0.717) is 6.42 Å². The monoisotopic (exact) mass is 420 g/mol. The molecule has 0 aliphatic rings. The zero-order valence-corrected chi connectivity index (χ0v) is 18.7. The van der Waals surface area contributed by atoms with Gasteiger partial charge in [0.1, 0.15) is 24.8 Å². The third-order valence-corrected chi connectivity index (χ3v) is 4.87. The molecule has 4 atom stereocenters. The number of benzene rings is 1. The third-order valence-electron chi connectivity index (χ3n) is 4.87. The van der Waals surface area contributed by atoms with Gasteiger partial charge in [-0.2, -0.15) is 0 Å². The number of amides is 1. The number of carbonyl (C=O) groups excluding carboxylic acids is 3. The lowest BCUT2D eigenvalue weighted by atomic mass is 10.0. The van der Waals surface area contributed by atoms with Crippen molar-refractivity contribution in [2.75, 3.05) is 0 Å². The first kappa shape index (κ1) is 25.6. The summed E-state index contributed by atoms with van der Waals surface area (Å²) in [6.07, 6.45) is 0.506. The molecule has 1 aromatic rings. The standard InChI is InChI=1S/C23H36N2O5/c1-6-16(4)21(24)23(28)30-17(5)13-20(26)25-19(12-15(2)3)22(27)29-14-18-10-8-7-9-11-18/h7-11,15-17,19,21H,6,12-14,24H2,1-5H3,(H,25,26)/t16-,17+,19-,21-/m0/s1. The quantitative estimate of drug-likeness (QED) is 0.503. The molecule has 0 aromatic heterocycles. The van der Waals surface area contributed by atoms with Crippen molar-refractivity contribution < 1.29 is 23.9 Å². The van der Waals surface area contributed by atoms with E-state index in [0.717, 1.165) is 12.0 Å². The number of ether oxygens (including phenoxy) is 2. The molecule has 0 unspecified atom stereocenters. The molecule has 1 amide bonds. The van der Waals surface area contributed by atoms with Gasteiger partial charge in [-0.1, -0.05) is 64.4 Å². The number of esters is 2. The van der Waals surface area contributed by atoms with E-state index >= 15 is 0 Å². The molecule has 0 spiro atoms. The normalized spacial score (nSPS) is 15.0. The van der Waals surface area contributed by atoms with Crippen molar-refractivity contribution in [2.24, 2.45) is 17.6 Å². The Morgan fingerprint density at radius 1 is 1.03 bits per heavy atom. The van der Waals surface area contributed by atoms with Gasteiger partial charge in [-0.05, 0) is 30.7 Å². The number of hydrogen-bond acceptors (Lipinski definition) is 6. The van der Waals surface area contributed by atoms with Gasteiger partial charge in [0.25, 0.3) is 0 Å². The Balaban J connectivity index is 2.58. The van der Waals surface area contributed by atoms with Crippen molar-refractivity contribution in [1.29, 1.82) is 0 Å². The van der Waals surface area contributed by atoms with Crippen LogP contribution in [0, 0.1) is 11.8 Å². The van der Waals surface area contributed by atoms with E-state index in [4.69, 9.17) is 15.2 Å². The van der Waals surface area contributed by atoms with Gasteiger partial charge in [0, 0.05) is 0 Å². The van der Waals surface area contributed by atoms with E-state index in [-0.39, 0.29) is 30.8 Å². The molecule has 168 valence electrons. The molecule has 7 nitrogen and oxygen atoms in total. The van der Waals surface area contributed by atoms with Gasteiger partial charge in [-0.25, -0.2) is 4.79 Å². The Morgan fingerprint density at radius 2 is 1.67 bits per heavy atom. The maximum atomic E-state index is 12.5. The molecule has 0 radical (unpaired) electrons. The number of nitrogens with two attached hydrogens (primary N) is 1. The highest BCUT2D eigenvalue weighted by molar-refractivity contribution is 5.85. The summed E-state index contributed by atoms with van der Waals surface area (Å²) in [4.78, 5) is 37.0. The first-order chi connectivity index (χ1) is 14.1. The van der Waals surface area contributed by atoms with Crippen LogP contribution in [0.25, 0.3) is 0 Å². The minimum Gasteiger partial charge on any atom is -0.461 e. The zero-order valence-electron chi connectivity index (χ0n) is 18.7. The van der Waals surface area contributed by atoms with Gasteiger partial charge >= 0.3 is 11.9 Å². The fourth-order valence-electron chi connectivity index (χ4n) is 2.83. The van der Waals surface area contributed by atoms with E-state index < -0.39 is 30.1 Å². The van der Waals surface area contributed by atoms with Crippen LogP contribution < -0.4 is 11.1 Å². The average molecular weight is 421 g/mol. The lowest BCUT2D eigenvalue weighted by Gasteiger charge is -2.22. The second-order valence-electron chi connectivity index (χ2n) is 8.21. The third kappa shape index (κ3) is 9.39. The first-order valence-electron chi connectivity index (χ1n) is 10.6. The zero-order chi connectivity index (χ0) is 22.7. The van der Waals surface area contributed by atoms with Crippen LogP contribution in [0.15, 0.2) is 30.3 Å². The van der Waals surface area contributed by atoms with Crippen molar-refractivity contribution in [2.45, 2.75) is 78.7 Å².